The maximum Gasteiger partial charge on any atom is 0.408 e. The van der Waals surface area contributed by atoms with E-state index in [1.807, 2.05) is 69.3 Å². The molecule has 1 amide bonds. The van der Waals surface area contributed by atoms with E-state index in [1.165, 1.54) is 0 Å². The number of nitrogens with one attached hydrogen (secondary N) is 2. The molecule has 1 heterocycles. The number of methoxy groups -OCH3 is 1. The van der Waals surface area contributed by atoms with Crippen molar-refractivity contribution in [1.82, 2.24) is 15.3 Å². The summed E-state index contributed by atoms with van der Waals surface area (Å²) in [6.45, 7) is 9.68. The van der Waals surface area contributed by atoms with Crippen LogP contribution >= 0.6 is 0 Å². The molecule has 0 fully saturated rings. The summed E-state index contributed by atoms with van der Waals surface area (Å²) in [5.74, 6) is 1.46. The number of carbonyl (C=O) groups is 1. The topological polar surface area (TPSA) is 76.2 Å². The van der Waals surface area contributed by atoms with Gasteiger partial charge in [0.2, 0.25) is 0 Å². The highest BCUT2D eigenvalue weighted by atomic mass is 16.6. The summed E-state index contributed by atoms with van der Waals surface area (Å²) in [5.41, 5.74) is 1.75. The fourth-order valence-corrected chi connectivity index (χ4v) is 3.31. The van der Waals surface area contributed by atoms with E-state index >= 15 is 0 Å². The molecule has 0 aliphatic carbocycles. The Morgan fingerprint density at radius 2 is 1.69 bits per heavy atom. The standard InChI is InChI=1S/C23H29N3O3/c1-22(2,3)29-21(27)26-19(20-24-17-9-7-8-10-18(17)25-20)23(4,5)15-11-13-16(28-6)14-12-15/h7-14,19H,1-6H3,(H,24,25)(H,26,27). The number of hydrogen-bond donors (Lipinski definition) is 2. The minimum Gasteiger partial charge on any atom is -0.497 e. The monoisotopic (exact) mass is 395 g/mol. The highest BCUT2D eigenvalue weighted by molar-refractivity contribution is 5.75. The SMILES string of the molecule is COc1ccc(C(C)(C)C(NC(=O)OC(C)(C)C)c2nc3ccccc3[nH]2)cc1. The summed E-state index contributed by atoms with van der Waals surface area (Å²) < 4.78 is 10.8. The van der Waals surface area contributed by atoms with Gasteiger partial charge in [-0.25, -0.2) is 9.78 Å². The van der Waals surface area contributed by atoms with E-state index in [1.54, 1.807) is 7.11 Å². The predicted octanol–water partition coefficient (Wildman–Crippen LogP) is 5.12. The van der Waals surface area contributed by atoms with E-state index in [0.717, 1.165) is 22.3 Å². The second-order valence-electron chi connectivity index (χ2n) is 8.67. The van der Waals surface area contributed by atoms with Crippen molar-refractivity contribution >= 4 is 17.1 Å². The number of ether oxygens (including phenoxy) is 2. The number of carbonyl (C=O) groups excluding carboxylic acids is 1. The van der Waals surface area contributed by atoms with E-state index in [-0.39, 0.29) is 0 Å². The first-order chi connectivity index (χ1) is 13.6. The van der Waals surface area contributed by atoms with Crippen molar-refractivity contribution in [2.24, 2.45) is 0 Å². The molecule has 29 heavy (non-hydrogen) atoms. The molecule has 6 nitrogen and oxygen atoms in total. The van der Waals surface area contributed by atoms with Crippen LogP contribution in [0.15, 0.2) is 48.5 Å². The third kappa shape index (κ3) is 4.70. The molecule has 3 aromatic rings. The number of fused-ring (bicyclic) bond motifs is 1. The van der Waals surface area contributed by atoms with Gasteiger partial charge in [0.1, 0.15) is 17.2 Å². The second kappa shape index (κ2) is 7.78. The van der Waals surface area contributed by atoms with Gasteiger partial charge in [0, 0.05) is 5.41 Å². The fraction of sp³-hybridized carbons (Fsp3) is 0.391. The zero-order valence-corrected chi connectivity index (χ0v) is 17.9. The Morgan fingerprint density at radius 3 is 2.28 bits per heavy atom. The van der Waals surface area contributed by atoms with E-state index in [2.05, 4.69) is 24.1 Å². The van der Waals surface area contributed by atoms with Crippen molar-refractivity contribution < 1.29 is 14.3 Å². The van der Waals surface area contributed by atoms with Crippen LogP contribution in [0.25, 0.3) is 11.0 Å². The van der Waals surface area contributed by atoms with Crippen molar-refractivity contribution in [1.29, 1.82) is 0 Å². The van der Waals surface area contributed by atoms with Crippen molar-refractivity contribution in [3.63, 3.8) is 0 Å². The van der Waals surface area contributed by atoms with Gasteiger partial charge in [-0.1, -0.05) is 38.1 Å². The van der Waals surface area contributed by atoms with Crippen LogP contribution in [0.4, 0.5) is 4.79 Å². The molecule has 0 saturated carbocycles. The fourth-order valence-electron chi connectivity index (χ4n) is 3.31. The Balaban J connectivity index is 2.01. The number of imidazole rings is 1. The van der Waals surface area contributed by atoms with Crippen LogP contribution in [0.5, 0.6) is 5.75 Å². The third-order valence-electron chi connectivity index (χ3n) is 4.90. The number of amides is 1. The highest BCUT2D eigenvalue weighted by Crippen LogP contribution is 2.37. The molecule has 0 spiro atoms. The van der Waals surface area contributed by atoms with Crippen LogP contribution in [-0.2, 0) is 10.2 Å². The van der Waals surface area contributed by atoms with Crippen molar-refractivity contribution in [2.45, 2.75) is 51.7 Å². The van der Waals surface area contributed by atoms with E-state index < -0.39 is 23.2 Å². The Bertz CT molecular complexity index is 952. The molecule has 0 radical (unpaired) electrons. The van der Waals surface area contributed by atoms with Crippen LogP contribution in [0.1, 0.15) is 52.0 Å². The molecule has 1 aromatic heterocycles. The van der Waals surface area contributed by atoms with Gasteiger partial charge in [0.25, 0.3) is 0 Å². The molecular formula is C23H29N3O3. The zero-order chi connectivity index (χ0) is 21.2. The average Bonchev–Trinajstić information content (AvgIpc) is 3.08. The molecular weight excluding hydrogens is 366 g/mol. The lowest BCUT2D eigenvalue weighted by Gasteiger charge is -2.35. The van der Waals surface area contributed by atoms with Gasteiger partial charge < -0.3 is 19.8 Å². The van der Waals surface area contributed by atoms with Gasteiger partial charge >= 0.3 is 6.09 Å². The second-order valence-corrected chi connectivity index (χ2v) is 8.67. The maximum atomic E-state index is 12.6. The summed E-state index contributed by atoms with van der Waals surface area (Å²) in [6, 6.07) is 15.2. The van der Waals surface area contributed by atoms with Gasteiger partial charge in [-0.3, -0.25) is 0 Å². The van der Waals surface area contributed by atoms with Gasteiger partial charge in [-0.15, -0.1) is 0 Å². The van der Waals surface area contributed by atoms with Gasteiger partial charge in [0.15, 0.2) is 0 Å². The molecule has 0 aliphatic heterocycles. The number of aromatic nitrogens is 2. The van der Waals surface area contributed by atoms with Gasteiger partial charge in [-0.2, -0.15) is 0 Å². The average molecular weight is 396 g/mol. The number of para-hydroxylation sites is 2. The van der Waals surface area contributed by atoms with Gasteiger partial charge in [-0.05, 0) is 50.6 Å². The minimum atomic E-state index is -0.591. The molecule has 6 heteroatoms. The lowest BCUT2D eigenvalue weighted by Crippen LogP contribution is -2.43. The smallest absolute Gasteiger partial charge is 0.408 e. The number of rotatable bonds is 5. The minimum absolute atomic E-state index is 0.432. The normalized spacial score (nSPS) is 13.2. The van der Waals surface area contributed by atoms with Crippen LogP contribution < -0.4 is 10.1 Å². The first-order valence-corrected chi connectivity index (χ1v) is 9.69. The van der Waals surface area contributed by atoms with E-state index in [9.17, 15) is 4.79 Å². The number of benzene rings is 2. The van der Waals surface area contributed by atoms with Crippen molar-refractivity contribution in [2.75, 3.05) is 7.11 Å². The van der Waals surface area contributed by atoms with Crippen LogP contribution in [-0.4, -0.2) is 28.8 Å². The summed E-state index contributed by atoms with van der Waals surface area (Å²) in [5, 5.41) is 3.03. The Hall–Kier alpha value is -3.02. The van der Waals surface area contributed by atoms with Crippen molar-refractivity contribution in [3.05, 3.63) is 59.9 Å². The lowest BCUT2D eigenvalue weighted by molar-refractivity contribution is 0.0477. The quantitative estimate of drug-likeness (QED) is 0.629. The molecule has 0 bridgehead atoms. The summed E-state index contributed by atoms with van der Waals surface area (Å²) in [6.07, 6.45) is -0.482. The molecule has 2 N–H and O–H groups in total. The Labute approximate surface area is 171 Å². The lowest BCUT2D eigenvalue weighted by atomic mass is 9.77. The Morgan fingerprint density at radius 1 is 1.03 bits per heavy atom. The number of hydrogen-bond acceptors (Lipinski definition) is 4. The molecule has 1 atom stereocenters. The van der Waals surface area contributed by atoms with Gasteiger partial charge in [0.05, 0.1) is 24.2 Å². The number of nitrogens with zero attached hydrogens (tertiary/aromatic N) is 1. The van der Waals surface area contributed by atoms with Crippen LogP contribution in [0.3, 0.4) is 0 Å². The molecule has 154 valence electrons. The number of alkyl carbamates (subject to hydrolysis) is 1. The zero-order valence-electron chi connectivity index (χ0n) is 17.9. The number of H-pyrrole nitrogens is 1. The predicted molar refractivity (Wildman–Crippen MR) is 114 cm³/mol. The first kappa shape index (κ1) is 20.7. The summed E-state index contributed by atoms with van der Waals surface area (Å²) in [7, 11) is 1.64. The number of aromatic amines is 1. The summed E-state index contributed by atoms with van der Waals surface area (Å²) in [4.78, 5) is 20.7. The first-order valence-electron chi connectivity index (χ1n) is 9.69. The molecule has 1 unspecified atom stereocenters. The third-order valence-corrected chi connectivity index (χ3v) is 4.90. The van der Waals surface area contributed by atoms with Crippen LogP contribution in [0, 0.1) is 0 Å². The Kier molecular flexibility index (Phi) is 5.55. The van der Waals surface area contributed by atoms with Crippen molar-refractivity contribution in [3.8, 4) is 5.75 Å². The molecule has 0 saturated heterocycles. The van der Waals surface area contributed by atoms with E-state index in [0.29, 0.717) is 5.82 Å². The largest absolute Gasteiger partial charge is 0.497 e. The molecule has 2 aromatic carbocycles. The van der Waals surface area contributed by atoms with E-state index in [4.69, 9.17) is 14.5 Å². The van der Waals surface area contributed by atoms with Crippen LogP contribution in [0.2, 0.25) is 0 Å². The summed E-state index contributed by atoms with van der Waals surface area (Å²) >= 11 is 0. The highest BCUT2D eigenvalue weighted by Gasteiger charge is 2.37. The maximum absolute atomic E-state index is 12.6. The molecule has 0 aliphatic rings. The molecule has 3 rings (SSSR count).